The molecule has 34 heavy (non-hydrogen) atoms. The molecule has 0 saturated carbocycles. The summed E-state index contributed by atoms with van der Waals surface area (Å²) in [5.41, 5.74) is 4.17. The van der Waals surface area contributed by atoms with Crippen molar-refractivity contribution in [2.75, 3.05) is 6.61 Å². The largest absolute Gasteiger partial charge is 0.454 e. The van der Waals surface area contributed by atoms with Crippen molar-refractivity contribution in [2.24, 2.45) is 0 Å². The van der Waals surface area contributed by atoms with E-state index in [4.69, 9.17) is 9.72 Å². The summed E-state index contributed by atoms with van der Waals surface area (Å²) in [7, 11) is 0. The number of Topliss-reactive ketones (excluding diaryl/α,β-unsaturated/α-hetero) is 1. The monoisotopic (exact) mass is 509 g/mol. The summed E-state index contributed by atoms with van der Waals surface area (Å²) in [6.07, 6.45) is 0. The van der Waals surface area contributed by atoms with E-state index < -0.39 is 5.97 Å². The van der Waals surface area contributed by atoms with Crippen LogP contribution in [0.25, 0.3) is 32.9 Å². The fraction of sp³-hybridized carbons (Fsp3) is 0.0690. The summed E-state index contributed by atoms with van der Waals surface area (Å²) in [5.74, 6) is -0.810. The smallest absolute Gasteiger partial charge is 0.339 e. The number of halogens is 1. The molecule has 4 aromatic carbocycles. The lowest BCUT2D eigenvalue weighted by atomic mass is 10.0. The molecule has 0 radical (unpaired) electrons. The zero-order chi connectivity index (χ0) is 23.7. The maximum Gasteiger partial charge on any atom is 0.339 e. The number of benzene rings is 4. The molecule has 0 aliphatic heterocycles. The second-order valence-electron chi connectivity index (χ2n) is 8.14. The lowest BCUT2D eigenvalue weighted by Crippen LogP contribution is -2.15. The number of nitrogens with zero attached hydrogens (tertiary/aromatic N) is 1. The van der Waals surface area contributed by atoms with Gasteiger partial charge in [0.2, 0.25) is 0 Å². The minimum atomic E-state index is -0.562. The van der Waals surface area contributed by atoms with E-state index in [1.54, 1.807) is 18.2 Å². The first-order valence-corrected chi connectivity index (χ1v) is 11.6. The highest BCUT2D eigenvalue weighted by Gasteiger charge is 2.18. The molecule has 0 saturated heterocycles. The first-order chi connectivity index (χ1) is 16.5. The molecule has 0 amide bonds. The Balaban J connectivity index is 1.50. The predicted octanol–water partition coefficient (Wildman–Crippen LogP) is 7.17. The molecule has 1 heterocycles. The zero-order valence-electron chi connectivity index (χ0n) is 18.4. The first-order valence-electron chi connectivity index (χ1n) is 10.8. The maximum atomic E-state index is 13.1. The highest BCUT2D eigenvalue weighted by molar-refractivity contribution is 9.10. The third-order valence-electron chi connectivity index (χ3n) is 5.74. The van der Waals surface area contributed by atoms with Crippen molar-refractivity contribution < 1.29 is 14.3 Å². The Morgan fingerprint density at radius 1 is 0.853 bits per heavy atom. The Labute approximate surface area is 205 Å². The number of hydrogen-bond acceptors (Lipinski definition) is 4. The summed E-state index contributed by atoms with van der Waals surface area (Å²) in [6, 6.07) is 28.7. The summed E-state index contributed by atoms with van der Waals surface area (Å²) >= 11 is 3.47. The lowest BCUT2D eigenvalue weighted by molar-refractivity contribution is 0.0476. The number of hydrogen-bond donors (Lipinski definition) is 0. The van der Waals surface area contributed by atoms with Gasteiger partial charge in [-0.2, -0.15) is 0 Å². The molecule has 0 N–H and O–H groups in total. The molecular weight excluding hydrogens is 490 g/mol. The topological polar surface area (TPSA) is 56.3 Å². The van der Waals surface area contributed by atoms with Gasteiger partial charge in [-0.25, -0.2) is 9.78 Å². The molecule has 5 heteroatoms. The SMILES string of the molecule is Cc1ccc(C(=O)COC(=O)c2cc(-c3ccc4ccccc4c3)nc3ccc(Br)cc23)cc1. The number of ketones is 1. The summed E-state index contributed by atoms with van der Waals surface area (Å²) in [6.45, 7) is 1.62. The Morgan fingerprint density at radius 2 is 1.62 bits per heavy atom. The molecule has 0 aliphatic rings. The summed E-state index contributed by atoms with van der Waals surface area (Å²) in [5, 5.41) is 2.88. The van der Waals surface area contributed by atoms with Crippen molar-refractivity contribution in [3.05, 3.63) is 112 Å². The van der Waals surface area contributed by atoms with E-state index in [-0.39, 0.29) is 12.4 Å². The van der Waals surface area contributed by atoms with E-state index in [1.807, 2.05) is 67.6 Å². The Bertz CT molecular complexity index is 1560. The Morgan fingerprint density at radius 3 is 2.41 bits per heavy atom. The van der Waals surface area contributed by atoms with E-state index >= 15 is 0 Å². The van der Waals surface area contributed by atoms with Crippen molar-refractivity contribution >= 4 is 49.4 Å². The van der Waals surface area contributed by atoms with E-state index in [0.717, 1.165) is 26.4 Å². The molecule has 0 aliphatic carbocycles. The van der Waals surface area contributed by atoms with E-state index in [0.29, 0.717) is 27.7 Å². The number of fused-ring (bicyclic) bond motifs is 2. The molecular formula is C29H20BrNO3. The van der Waals surface area contributed by atoms with Gasteiger partial charge in [-0.15, -0.1) is 0 Å². The molecule has 166 valence electrons. The fourth-order valence-electron chi connectivity index (χ4n) is 3.90. The molecule has 1 aromatic heterocycles. The number of ether oxygens (including phenoxy) is 1. The fourth-order valence-corrected chi connectivity index (χ4v) is 4.26. The number of aromatic nitrogens is 1. The highest BCUT2D eigenvalue weighted by atomic mass is 79.9. The number of rotatable bonds is 5. The van der Waals surface area contributed by atoms with Crippen molar-refractivity contribution in [2.45, 2.75) is 6.92 Å². The van der Waals surface area contributed by atoms with Crippen LogP contribution in [0.2, 0.25) is 0 Å². The van der Waals surface area contributed by atoms with Crippen LogP contribution in [0.5, 0.6) is 0 Å². The second kappa shape index (κ2) is 9.20. The minimum absolute atomic E-state index is 0.248. The van der Waals surface area contributed by atoms with Gasteiger partial charge in [0.1, 0.15) is 0 Å². The van der Waals surface area contributed by atoms with Crippen LogP contribution in [-0.4, -0.2) is 23.3 Å². The molecule has 4 nitrogen and oxygen atoms in total. The molecule has 5 aromatic rings. The average molecular weight is 510 g/mol. The van der Waals surface area contributed by atoms with E-state index in [2.05, 4.69) is 28.1 Å². The van der Waals surface area contributed by atoms with Crippen LogP contribution in [0.1, 0.15) is 26.3 Å². The lowest BCUT2D eigenvalue weighted by Gasteiger charge is -2.11. The number of carbonyl (C=O) groups is 2. The Hall–Kier alpha value is -3.83. The zero-order valence-corrected chi connectivity index (χ0v) is 20.0. The van der Waals surface area contributed by atoms with Gasteiger partial charge in [-0.1, -0.05) is 82.2 Å². The van der Waals surface area contributed by atoms with Crippen LogP contribution in [0.3, 0.4) is 0 Å². The number of carbonyl (C=O) groups excluding carboxylic acids is 2. The van der Waals surface area contributed by atoms with Gasteiger partial charge in [-0.3, -0.25) is 4.79 Å². The van der Waals surface area contributed by atoms with Crippen LogP contribution in [0, 0.1) is 6.92 Å². The van der Waals surface area contributed by atoms with Gasteiger partial charge in [0, 0.05) is 21.0 Å². The normalized spacial score (nSPS) is 11.0. The third kappa shape index (κ3) is 4.47. The maximum absolute atomic E-state index is 13.1. The average Bonchev–Trinajstić information content (AvgIpc) is 2.86. The first kappa shape index (κ1) is 22.0. The number of pyridine rings is 1. The number of esters is 1. The third-order valence-corrected chi connectivity index (χ3v) is 6.24. The summed E-state index contributed by atoms with van der Waals surface area (Å²) < 4.78 is 6.28. The van der Waals surface area contributed by atoms with Gasteiger partial charge in [0.25, 0.3) is 0 Å². The van der Waals surface area contributed by atoms with Gasteiger partial charge in [0.05, 0.1) is 16.8 Å². The van der Waals surface area contributed by atoms with Crippen LogP contribution in [-0.2, 0) is 4.74 Å². The molecule has 5 rings (SSSR count). The van der Waals surface area contributed by atoms with Gasteiger partial charge in [-0.05, 0) is 48.0 Å². The van der Waals surface area contributed by atoms with Crippen molar-refractivity contribution in [3.63, 3.8) is 0 Å². The van der Waals surface area contributed by atoms with Gasteiger partial charge in [0.15, 0.2) is 12.4 Å². The van der Waals surface area contributed by atoms with Crippen molar-refractivity contribution in [1.82, 2.24) is 4.98 Å². The van der Waals surface area contributed by atoms with Crippen molar-refractivity contribution in [3.8, 4) is 11.3 Å². The van der Waals surface area contributed by atoms with Gasteiger partial charge < -0.3 is 4.74 Å². The number of aryl methyl sites for hydroxylation is 1. The Kier molecular flexibility index (Phi) is 5.95. The summed E-state index contributed by atoms with van der Waals surface area (Å²) in [4.78, 5) is 30.5. The molecule has 0 spiro atoms. The minimum Gasteiger partial charge on any atom is -0.454 e. The highest BCUT2D eigenvalue weighted by Crippen LogP contribution is 2.29. The van der Waals surface area contributed by atoms with Crippen LogP contribution in [0.15, 0.2) is 95.5 Å². The molecule has 0 unspecified atom stereocenters. The van der Waals surface area contributed by atoms with E-state index in [9.17, 15) is 9.59 Å². The molecule has 0 bridgehead atoms. The van der Waals surface area contributed by atoms with Crippen molar-refractivity contribution in [1.29, 1.82) is 0 Å². The predicted molar refractivity (Wildman–Crippen MR) is 138 cm³/mol. The second-order valence-corrected chi connectivity index (χ2v) is 9.06. The van der Waals surface area contributed by atoms with Gasteiger partial charge >= 0.3 is 5.97 Å². The standard InChI is InChI=1S/C29H20BrNO3/c1-18-6-8-20(9-7-18)28(32)17-34-29(33)25-16-27(31-26-13-12-23(30)15-24(25)26)22-11-10-19-4-2-3-5-21(19)14-22/h2-16H,17H2,1H3. The molecule has 0 fully saturated rings. The van der Waals surface area contributed by atoms with Crippen LogP contribution < -0.4 is 0 Å². The van der Waals surface area contributed by atoms with Crippen LogP contribution in [0.4, 0.5) is 0 Å². The van der Waals surface area contributed by atoms with E-state index in [1.165, 1.54) is 0 Å². The quantitative estimate of drug-likeness (QED) is 0.186. The molecule has 0 atom stereocenters. The van der Waals surface area contributed by atoms with Crippen LogP contribution >= 0.6 is 15.9 Å².